The molecule has 3 nitrogen and oxygen atoms in total. The molecule has 0 saturated carbocycles. The summed E-state index contributed by atoms with van der Waals surface area (Å²) in [7, 11) is -1.49. The fourth-order valence-electron chi connectivity index (χ4n) is 3.69. The van der Waals surface area contributed by atoms with Crippen molar-refractivity contribution in [2.75, 3.05) is 0 Å². The molecule has 2 N–H and O–H groups in total. The molecule has 0 saturated heterocycles. The van der Waals surface area contributed by atoms with Gasteiger partial charge in [-0.1, -0.05) is 60.7 Å². The molecule has 5 rings (SSSR count). The molecule has 0 aliphatic rings. The molecule has 124 valence electrons. The number of rotatable bonds is 2. The zero-order chi connectivity index (χ0) is 17.7. The first-order chi connectivity index (χ1) is 12.7. The summed E-state index contributed by atoms with van der Waals surface area (Å²) in [6.07, 6.45) is 0. The molecular weight excluding hydrogens is 323 g/mol. The fraction of sp³-hybridized carbons (Fsp3) is 0. The van der Waals surface area contributed by atoms with Crippen LogP contribution in [0.5, 0.6) is 0 Å². The van der Waals surface area contributed by atoms with E-state index in [1.807, 2.05) is 54.6 Å². The van der Waals surface area contributed by atoms with Crippen molar-refractivity contribution in [1.82, 2.24) is 0 Å². The highest BCUT2D eigenvalue weighted by atomic mass is 16.4. The van der Waals surface area contributed by atoms with E-state index in [-0.39, 0.29) is 0 Å². The van der Waals surface area contributed by atoms with Crippen molar-refractivity contribution in [1.29, 1.82) is 0 Å². The zero-order valence-corrected chi connectivity index (χ0v) is 13.9. The standard InChI is InChI=1S/C22H15BO3/c24-23(25)20-12-11-15(16-5-1-2-6-17(16)20)14-9-10-19-18-7-3-4-8-21(18)26-22(19)13-14/h1-13,24-25H. The van der Waals surface area contributed by atoms with Crippen LogP contribution in [0, 0.1) is 0 Å². The smallest absolute Gasteiger partial charge is 0.456 e. The number of para-hydroxylation sites is 1. The summed E-state index contributed by atoms with van der Waals surface area (Å²) in [5.74, 6) is 0. The molecule has 0 aliphatic carbocycles. The molecule has 0 bridgehead atoms. The van der Waals surface area contributed by atoms with E-state index in [0.29, 0.717) is 5.46 Å². The van der Waals surface area contributed by atoms with Gasteiger partial charge in [0.15, 0.2) is 0 Å². The van der Waals surface area contributed by atoms with Crippen molar-refractivity contribution in [3.05, 3.63) is 78.9 Å². The summed E-state index contributed by atoms with van der Waals surface area (Å²) < 4.78 is 6.01. The fourth-order valence-corrected chi connectivity index (χ4v) is 3.69. The Balaban J connectivity index is 1.77. The summed E-state index contributed by atoms with van der Waals surface area (Å²) in [4.78, 5) is 0. The van der Waals surface area contributed by atoms with E-state index in [0.717, 1.165) is 43.8 Å². The largest absolute Gasteiger partial charge is 0.489 e. The summed E-state index contributed by atoms with van der Waals surface area (Å²) in [5.41, 5.74) is 4.30. The molecule has 0 fully saturated rings. The highest BCUT2D eigenvalue weighted by Gasteiger charge is 2.17. The molecule has 0 radical (unpaired) electrons. The quantitative estimate of drug-likeness (QED) is 0.477. The second-order valence-corrected chi connectivity index (χ2v) is 6.43. The molecular formula is C22H15BO3. The number of hydrogen-bond acceptors (Lipinski definition) is 3. The maximum atomic E-state index is 9.65. The van der Waals surface area contributed by atoms with Gasteiger partial charge in [0.25, 0.3) is 0 Å². The van der Waals surface area contributed by atoms with Crippen molar-refractivity contribution in [3.63, 3.8) is 0 Å². The first-order valence-corrected chi connectivity index (χ1v) is 8.52. The Morgan fingerprint density at radius 3 is 2.12 bits per heavy atom. The van der Waals surface area contributed by atoms with Gasteiger partial charge in [0.1, 0.15) is 11.2 Å². The summed E-state index contributed by atoms with van der Waals surface area (Å²) in [5, 5.41) is 23.3. The van der Waals surface area contributed by atoms with E-state index in [9.17, 15) is 10.0 Å². The lowest BCUT2D eigenvalue weighted by Gasteiger charge is -2.11. The third kappa shape index (κ3) is 2.24. The molecule has 5 aromatic rings. The normalized spacial score (nSPS) is 11.5. The highest BCUT2D eigenvalue weighted by Crippen LogP contribution is 2.34. The zero-order valence-electron chi connectivity index (χ0n) is 13.9. The van der Waals surface area contributed by atoms with Gasteiger partial charge in [-0.3, -0.25) is 0 Å². The molecule has 0 amide bonds. The van der Waals surface area contributed by atoms with E-state index in [1.165, 1.54) is 0 Å². The third-order valence-corrected chi connectivity index (χ3v) is 4.93. The van der Waals surface area contributed by atoms with Crippen LogP contribution in [0.15, 0.2) is 83.3 Å². The first kappa shape index (κ1) is 15.2. The van der Waals surface area contributed by atoms with Crippen molar-refractivity contribution < 1.29 is 14.5 Å². The van der Waals surface area contributed by atoms with Gasteiger partial charge in [-0.2, -0.15) is 0 Å². The van der Waals surface area contributed by atoms with Crippen molar-refractivity contribution >= 4 is 45.3 Å². The van der Waals surface area contributed by atoms with Gasteiger partial charge in [0.2, 0.25) is 0 Å². The maximum Gasteiger partial charge on any atom is 0.489 e. The SMILES string of the molecule is OB(O)c1ccc(-c2ccc3c(c2)oc2ccccc23)c2ccccc12. The van der Waals surface area contributed by atoms with E-state index in [2.05, 4.69) is 18.2 Å². The lowest BCUT2D eigenvalue weighted by Crippen LogP contribution is -2.30. The molecule has 1 heterocycles. The third-order valence-electron chi connectivity index (χ3n) is 4.93. The van der Waals surface area contributed by atoms with Crippen LogP contribution in [-0.2, 0) is 0 Å². The summed E-state index contributed by atoms with van der Waals surface area (Å²) in [6.45, 7) is 0. The van der Waals surface area contributed by atoms with E-state index in [1.54, 1.807) is 6.07 Å². The monoisotopic (exact) mass is 338 g/mol. The average Bonchev–Trinajstić information content (AvgIpc) is 3.04. The minimum absolute atomic E-state index is 0.508. The van der Waals surface area contributed by atoms with Crippen LogP contribution in [0.1, 0.15) is 0 Å². The lowest BCUT2D eigenvalue weighted by molar-refractivity contribution is 0.426. The van der Waals surface area contributed by atoms with Crippen molar-refractivity contribution in [2.45, 2.75) is 0 Å². The van der Waals surface area contributed by atoms with Gasteiger partial charge in [-0.25, -0.2) is 0 Å². The average molecular weight is 338 g/mol. The Morgan fingerprint density at radius 2 is 1.31 bits per heavy atom. The van der Waals surface area contributed by atoms with Gasteiger partial charge in [-0.15, -0.1) is 0 Å². The molecule has 4 aromatic carbocycles. The molecule has 0 aliphatic heterocycles. The molecule has 0 atom stereocenters. The van der Waals surface area contributed by atoms with Crippen LogP contribution < -0.4 is 5.46 Å². The van der Waals surface area contributed by atoms with Crippen LogP contribution in [-0.4, -0.2) is 17.2 Å². The minimum Gasteiger partial charge on any atom is -0.456 e. The Hall–Kier alpha value is -3.08. The van der Waals surface area contributed by atoms with Gasteiger partial charge in [0, 0.05) is 10.8 Å². The van der Waals surface area contributed by atoms with Gasteiger partial charge in [0.05, 0.1) is 0 Å². The number of furan rings is 1. The predicted molar refractivity (Wildman–Crippen MR) is 106 cm³/mol. The Kier molecular flexibility index (Phi) is 3.35. The first-order valence-electron chi connectivity index (χ1n) is 8.52. The molecule has 4 heteroatoms. The molecule has 0 spiro atoms. The predicted octanol–water partition coefficient (Wildman–Crippen LogP) is 4.09. The van der Waals surface area contributed by atoms with Crippen LogP contribution in [0.2, 0.25) is 0 Å². The van der Waals surface area contributed by atoms with Crippen LogP contribution in [0.25, 0.3) is 43.8 Å². The maximum absolute atomic E-state index is 9.65. The summed E-state index contributed by atoms with van der Waals surface area (Å²) >= 11 is 0. The Bertz CT molecular complexity index is 1270. The Labute approximate surface area is 150 Å². The number of fused-ring (bicyclic) bond motifs is 4. The topological polar surface area (TPSA) is 53.6 Å². The highest BCUT2D eigenvalue weighted by molar-refractivity contribution is 6.62. The lowest BCUT2D eigenvalue weighted by atomic mass is 9.76. The minimum atomic E-state index is -1.49. The van der Waals surface area contributed by atoms with Crippen molar-refractivity contribution in [2.24, 2.45) is 0 Å². The molecule has 1 aromatic heterocycles. The van der Waals surface area contributed by atoms with E-state index in [4.69, 9.17) is 4.42 Å². The Morgan fingerprint density at radius 1 is 0.615 bits per heavy atom. The van der Waals surface area contributed by atoms with Crippen molar-refractivity contribution in [3.8, 4) is 11.1 Å². The summed E-state index contributed by atoms with van der Waals surface area (Å²) in [6, 6.07) is 25.7. The number of hydrogen-bond donors (Lipinski definition) is 2. The van der Waals surface area contributed by atoms with Crippen LogP contribution in [0.4, 0.5) is 0 Å². The van der Waals surface area contributed by atoms with Gasteiger partial charge >= 0.3 is 7.12 Å². The van der Waals surface area contributed by atoms with E-state index < -0.39 is 7.12 Å². The second-order valence-electron chi connectivity index (χ2n) is 6.43. The van der Waals surface area contributed by atoms with Crippen LogP contribution >= 0.6 is 0 Å². The van der Waals surface area contributed by atoms with Gasteiger partial charge in [-0.05, 0) is 45.6 Å². The molecule has 26 heavy (non-hydrogen) atoms. The van der Waals surface area contributed by atoms with Gasteiger partial charge < -0.3 is 14.5 Å². The van der Waals surface area contributed by atoms with E-state index >= 15 is 0 Å². The number of benzene rings is 4. The second kappa shape index (κ2) is 5.73. The molecule has 0 unspecified atom stereocenters. The van der Waals surface area contributed by atoms with Crippen LogP contribution in [0.3, 0.4) is 0 Å².